The first-order valence-electron chi connectivity index (χ1n) is 8.38. The standard InChI is InChI=1S/C21H17NO6/c1-26-18-11-12-21(19(13-18)22(24)25)27-14-20(23)15-7-9-17(10-8-15)28-16-5-3-2-4-6-16/h2-13H,14H2,1H3. The Morgan fingerprint density at radius 1 is 0.929 bits per heavy atom. The second kappa shape index (κ2) is 8.68. The summed E-state index contributed by atoms with van der Waals surface area (Å²) in [5.41, 5.74) is 0.148. The molecule has 3 aromatic carbocycles. The minimum atomic E-state index is -0.585. The normalized spacial score (nSPS) is 10.2. The number of benzene rings is 3. The first-order valence-corrected chi connectivity index (χ1v) is 8.38. The quantitative estimate of drug-likeness (QED) is 0.321. The van der Waals surface area contributed by atoms with Crippen molar-refractivity contribution in [2.45, 2.75) is 0 Å². The molecule has 142 valence electrons. The lowest BCUT2D eigenvalue weighted by molar-refractivity contribution is -0.385. The van der Waals surface area contributed by atoms with E-state index in [0.29, 0.717) is 22.8 Å². The number of nitro benzene ring substituents is 1. The zero-order valence-electron chi connectivity index (χ0n) is 15.0. The summed E-state index contributed by atoms with van der Waals surface area (Å²) in [4.78, 5) is 22.9. The third-order valence-electron chi connectivity index (χ3n) is 3.88. The summed E-state index contributed by atoms with van der Waals surface area (Å²) in [6.07, 6.45) is 0. The van der Waals surface area contributed by atoms with E-state index in [1.807, 2.05) is 30.3 Å². The molecule has 3 rings (SSSR count). The minimum Gasteiger partial charge on any atom is -0.496 e. The molecule has 0 radical (unpaired) electrons. The molecule has 0 aliphatic rings. The van der Waals surface area contributed by atoms with Crippen LogP contribution in [0.2, 0.25) is 0 Å². The van der Waals surface area contributed by atoms with E-state index in [4.69, 9.17) is 14.2 Å². The van der Waals surface area contributed by atoms with Crippen molar-refractivity contribution in [1.29, 1.82) is 0 Å². The number of para-hydroxylation sites is 1. The van der Waals surface area contributed by atoms with Crippen LogP contribution in [-0.2, 0) is 0 Å². The third-order valence-corrected chi connectivity index (χ3v) is 3.88. The van der Waals surface area contributed by atoms with E-state index >= 15 is 0 Å². The number of nitrogens with zero attached hydrogens (tertiary/aromatic N) is 1. The number of Topliss-reactive ketones (excluding diaryl/α,β-unsaturated/α-hetero) is 1. The molecule has 7 nitrogen and oxygen atoms in total. The van der Waals surface area contributed by atoms with Gasteiger partial charge in [-0.25, -0.2) is 0 Å². The predicted molar refractivity (Wildman–Crippen MR) is 102 cm³/mol. The van der Waals surface area contributed by atoms with Crippen LogP contribution in [0.4, 0.5) is 5.69 Å². The molecule has 0 fully saturated rings. The Labute approximate surface area is 161 Å². The van der Waals surface area contributed by atoms with Crippen LogP contribution < -0.4 is 14.2 Å². The summed E-state index contributed by atoms with van der Waals surface area (Å²) in [6.45, 7) is -0.327. The second-order valence-corrected chi connectivity index (χ2v) is 5.74. The molecule has 7 heteroatoms. The number of ether oxygens (including phenoxy) is 3. The van der Waals surface area contributed by atoms with E-state index in [1.165, 1.54) is 25.3 Å². The van der Waals surface area contributed by atoms with Crippen molar-refractivity contribution in [3.63, 3.8) is 0 Å². The van der Waals surface area contributed by atoms with Gasteiger partial charge in [-0.2, -0.15) is 0 Å². The van der Waals surface area contributed by atoms with Crippen molar-refractivity contribution in [2.24, 2.45) is 0 Å². The van der Waals surface area contributed by atoms with Gasteiger partial charge in [0.2, 0.25) is 0 Å². The van der Waals surface area contributed by atoms with Crippen molar-refractivity contribution >= 4 is 11.5 Å². The number of ketones is 1. The molecule has 0 N–H and O–H groups in total. The number of rotatable bonds is 8. The molecule has 0 saturated heterocycles. The van der Waals surface area contributed by atoms with Gasteiger partial charge in [0.25, 0.3) is 0 Å². The Morgan fingerprint density at radius 3 is 2.21 bits per heavy atom. The maximum absolute atomic E-state index is 12.3. The van der Waals surface area contributed by atoms with Crippen molar-refractivity contribution < 1.29 is 23.9 Å². The van der Waals surface area contributed by atoms with E-state index in [1.54, 1.807) is 24.3 Å². The van der Waals surface area contributed by atoms with Gasteiger partial charge in [-0.05, 0) is 48.5 Å². The van der Waals surface area contributed by atoms with E-state index in [2.05, 4.69) is 0 Å². The molecule has 0 amide bonds. The van der Waals surface area contributed by atoms with Crippen LogP contribution in [0.3, 0.4) is 0 Å². The van der Waals surface area contributed by atoms with Crippen molar-refractivity contribution in [3.8, 4) is 23.0 Å². The van der Waals surface area contributed by atoms with Gasteiger partial charge in [0, 0.05) is 5.56 Å². The Balaban J connectivity index is 1.64. The number of carbonyl (C=O) groups is 1. The molecule has 0 bridgehead atoms. The van der Waals surface area contributed by atoms with Crippen molar-refractivity contribution in [3.05, 3.63) is 88.5 Å². The van der Waals surface area contributed by atoms with Gasteiger partial charge in [-0.1, -0.05) is 18.2 Å². The van der Waals surface area contributed by atoms with Gasteiger partial charge in [-0.3, -0.25) is 14.9 Å². The fraction of sp³-hybridized carbons (Fsp3) is 0.0952. The molecule has 0 atom stereocenters. The fourth-order valence-corrected chi connectivity index (χ4v) is 2.45. The Bertz CT molecular complexity index is 970. The molecule has 0 heterocycles. The van der Waals surface area contributed by atoms with Crippen molar-refractivity contribution in [2.75, 3.05) is 13.7 Å². The SMILES string of the molecule is COc1ccc(OCC(=O)c2ccc(Oc3ccccc3)cc2)c([N+](=O)[O-])c1. The van der Waals surface area contributed by atoms with Crippen LogP contribution in [-0.4, -0.2) is 24.4 Å². The minimum absolute atomic E-state index is 0.00295. The Morgan fingerprint density at radius 2 is 1.57 bits per heavy atom. The van der Waals surface area contributed by atoms with Crippen molar-refractivity contribution in [1.82, 2.24) is 0 Å². The van der Waals surface area contributed by atoms with Gasteiger partial charge in [-0.15, -0.1) is 0 Å². The zero-order chi connectivity index (χ0) is 19.9. The largest absolute Gasteiger partial charge is 0.496 e. The van der Waals surface area contributed by atoms with Gasteiger partial charge in [0.15, 0.2) is 18.1 Å². The number of carbonyl (C=O) groups excluding carboxylic acids is 1. The van der Waals surface area contributed by atoms with E-state index in [-0.39, 0.29) is 23.8 Å². The highest BCUT2D eigenvalue weighted by Crippen LogP contribution is 2.31. The lowest BCUT2D eigenvalue weighted by Gasteiger charge is -2.08. The van der Waals surface area contributed by atoms with Gasteiger partial charge >= 0.3 is 5.69 Å². The maximum Gasteiger partial charge on any atom is 0.314 e. The van der Waals surface area contributed by atoms with Crippen LogP contribution in [0.5, 0.6) is 23.0 Å². The first-order chi connectivity index (χ1) is 13.6. The molecular weight excluding hydrogens is 362 g/mol. The van der Waals surface area contributed by atoms with Crippen LogP contribution in [0, 0.1) is 10.1 Å². The summed E-state index contributed by atoms with van der Waals surface area (Å²) >= 11 is 0. The summed E-state index contributed by atoms with van der Waals surface area (Å²) < 4.78 is 16.0. The molecule has 0 aromatic heterocycles. The van der Waals surface area contributed by atoms with Crippen LogP contribution in [0.25, 0.3) is 0 Å². The highest BCUT2D eigenvalue weighted by atomic mass is 16.6. The highest BCUT2D eigenvalue weighted by molar-refractivity contribution is 5.97. The van der Waals surface area contributed by atoms with E-state index < -0.39 is 4.92 Å². The molecule has 3 aromatic rings. The summed E-state index contributed by atoms with van der Waals surface area (Å²) in [7, 11) is 1.41. The Kier molecular flexibility index (Phi) is 5.86. The van der Waals surface area contributed by atoms with E-state index in [0.717, 1.165) is 0 Å². The maximum atomic E-state index is 12.3. The molecular formula is C21H17NO6. The average molecular weight is 379 g/mol. The smallest absolute Gasteiger partial charge is 0.314 e. The van der Waals surface area contributed by atoms with Gasteiger partial charge in [0.1, 0.15) is 17.2 Å². The summed E-state index contributed by atoms with van der Waals surface area (Å²) in [5.74, 6) is 1.31. The number of methoxy groups -OCH3 is 1. The number of hydrogen-bond acceptors (Lipinski definition) is 6. The van der Waals surface area contributed by atoms with Gasteiger partial charge < -0.3 is 14.2 Å². The lowest BCUT2D eigenvalue weighted by Crippen LogP contribution is -2.12. The lowest BCUT2D eigenvalue weighted by atomic mass is 10.1. The zero-order valence-corrected chi connectivity index (χ0v) is 15.0. The molecule has 28 heavy (non-hydrogen) atoms. The first kappa shape index (κ1) is 18.9. The summed E-state index contributed by atoms with van der Waals surface area (Å²) in [5, 5.41) is 11.2. The second-order valence-electron chi connectivity index (χ2n) is 5.74. The molecule has 0 unspecified atom stereocenters. The average Bonchev–Trinajstić information content (AvgIpc) is 2.73. The van der Waals surface area contributed by atoms with E-state index in [9.17, 15) is 14.9 Å². The monoisotopic (exact) mass is 379 g/mol. The fourth-order valence-electron chi connectivity index (χ4n) is 2.45. The van der Waals surface area contributed by atoms with Crippen LogP contribution in [0.1, 0.15) is 10.4 Å². The van der Waals surface area contributed by atoms with Gasteiger partial charge in [0.05, 0.1) is 18.1 Å². The third kappa shape index (κ3) is 4.64. The van der Waals surface area contributed by atoms with Crippen LogP contribution >= 0.6 is 0 Å². The highest BCUT2D eigenvalue weighted by Gasteiger charge is 2.18. The molecule has 0 aliphatic heterocycles. The summed E-state index contributed by atoms with van der Waals surface area (Å²) in [6, 6.07) is 20.0. The molecule has 0 saturated carbocycles. The Hall–Kier alpha value is -3.87. The number of hydrogen-bond donors (Lipinski definition) is 0. The molecule has 0 spiro atoms. The predicted octanol–water partition coefficient (Wildman–Crippen LogP) is 4.66. The van der Waals surface area contributed by atoms with Crippen LogP contribution in [0.15, 0.2) is 72.8 Å². The number of nitro groups is 1. The topological polar surface area (TPSA) is 87.9 Å². The molecule has 0 aliphatic carbocycles.